The Labute approximate surface area is 210 Å². The van der Waals surface area contributed by atoms with Crippen molar-refractivity contribution in [2.24, 2.45) is 0 Å². The summed E-state index contributed by atoms with van der Waals surface area (Å²) >= 11 is 0. The molecule has 0 radical (unpaired) electrons. The number of fused-ring (bicyclic) bond motifs is 1. The average molecular weight is 511 g/mol. The van der Waals surface area contributed by atoms with E-state index in [2.05, 4.69) is 15.3 Å². The number of ketones is 2. The molecule has 0 bridgehead atoms. The number of anilines is 2. The van der Waals surface area contributed by atoms with E-state index in [9.17, 15) is 18.4 Å². The third-order valence-electron chi connectivity index (χ3n) is 5.31. The minimum Gasteiger partial charge on any atom is -0.493 e. The predicted octanol–water partition coefficient (Wildman–Crippen LogP) is 4.14. The molecule has 1 aromatic heterocycles. The molecule has 1 aliphatic rings. The van der Waals surface area contributed by atoms with Crippen molar-refractivity contribution < 1.29 is 37.3 Å². The van der Waals surface area contributed by atoms with Crippen LogP contribution < -0.4 is 19.5 Å². The molecule has 2 aromatic carbocycles. The van der Waals surface area contributed by atoms with E-state index in [-0.39, 0.29) is 16.9 Å². The van der Waals surface area contributed by atoms with Crippen LogP contribution in [0.5, 0.6) is 17.2 Å². The number of methoxy groups -OCH3 is 2. The number of nitrogens with one attached hydrogen (secondary N) is 1. The number of ether oxygens (including phenoxy) is 4. The zero-order chi connectivity index (χ0) is 26.4. The molecule has 4 rings (SSSR count). The molecular formula is C26H23F2N3O6. The van der Waals surface area contributed by atoms with Crippen LogP contribution in [-0.2, 0) is 14.3 Å². The SMILES string of the molecule is COCCOc1cc2ncnc(Nc3ccc(OCC(F)F)c(C4=CC(=O)C=CC4=O)c3)c2cc1OC. The van der Waals surface area contributed by atoms with Gasteiger partial charge in [-0.25, -0.2) is 18.7 Å². The smallest absolute Gasteiger partial charge is 0.272 e. The van der Waals surface area contributed by atoms with Crippen LogP contribution in [0.4, 0.5) is 20.3 Å². The summed E-state index contributed by atoms with van der Waals surface area (Å²) in [6, 6.07) is 8.00. The average Bonchev–Trinajstić information content (AvgIpc) is 2.89. The second-order valence-electron chi connectivity index (χ2n) is 7.78. The van der Waals surface area contributed by atoms with Crippen LogP contribution in [0, 0.1) is 0 Å². The van der Waals surface area contributed by atoms with Crippen molar-refractivity contribution in [1.82, 2.24) is 9.97 Å². The summed E-state index contributed by atoms with van der Waals surface area (Å²) in [6.45, 7) is -0.142. The lowest BCUT2D eigenvalue weighted by atomic mass is 9.95. The summed E-state index contributed by atoms with van der Waals surface area (Å²) in [4.78, 5) is 33.0. The van der Waals surface area contributed by atoms with Gasteiger partial charge in [-0.05, 0) is 42.5 Å². The summed E-state index contributed by atoms with van der Waals surface area (Å²) in [5.74, 6) is 0.558. The van der Waals surface area contributed by atoms with E-state index in [1.54, 1.807) is 25.3 Å². The monoisotopic (exact) mass is 511 g/mol. The van der Waals surface area contributed by atoms with Crippen molar-refractivity contribution in [2.75, 3.05) is 39.4 Å². The lowest BCUT2D eigenvalue weighted by Crippen LogP contribution is -2.12. The number of carbonyl (C=O) groups excluding carboxylic acids is 2. The van der Waals surface area contributed by atoms with Gasteiger partial charge < -0.3 is 24.3 Å². The minimum atomic E-state index is -2.71. The molecule has 9 nitrogen and oxygen atoms in total. The molecule has 0 saturated heterocycles. The third-order valence-corrected chi connectivity index (χ3v) is 5.31. The summed E-state index contributed by atoms with van der Waals surface area (Å²) < 4.78 is 47.0. The Morgan fingerprint density at radius 1 is 0.946 bits per heavy atom. The van der Waals surface area contributed by atoms with E-state index in [0.29, 0.717) is 47.1 Å². The van der Waals surface area contributed by atoms with Gasteiger partial charge >= 0.3 is 0 Å². The number of benzene rings is 2. The zero-order valence-electron chi connectivity index (χ0n) is 20.0. The fourth-order valence-electron chi connectivity index (χ4n) is 3.62. The molecule has 1 aliphatic carbocycles. The van der Waals surface area contributed by atoms with E-state index < -0.39 is 24.6 Å². The zero-order valence-corrected chi connectivity index (χ0v) is 20.0. The van der Waals surface area contributed by atoms with E-state index in [1.807, 2.05) is 0 Å². The third kappa shape index (κ3) is 6.07. The highest BCUT2D eigenvalue weighted by atomic mass is 19.3. The number of hydrogen-bond acceptors (Lipinski definition) is 9. The van der Waals surface area contributed by atoms with Crippen molar-refractivity contribution in [3.8, 4) is 17.2 Å². The van der Waals surface area contributed by atoms with Crippen molar-refractivity contribution in [3.05, 3.63) is 60.5 Å². The predicted molar refractivity (Wildman–Crippen MR) is 132 cm³/mol. The highest BCUT2D eigenvalue weighted by Crippen LogP contribution is 2.36. The summed E-state index contributed by atoms with van der Waals surface area (Å²) in [5.41, 5.74) is 1.27. The minimum absolute atomic E-state index is 0.0347. The Morgan fingerprint density at radius 2 is 1.78 bits per heavy atom. The number of rotatable bonds is 11. The number of alkyl halides is 2. The van der Waals surface area contributed by atoms with Gasteiger partial charge in [0, 0.05) is 35.4 Å². The Morgan fingerprint density at radius 3 is 2.54 bits per heavy atom. The first-order valence-electron chi connectivity index (χ1n) is 11.1. The van der Waals surface area contributed by atoms with Crippen molar-refractivity contribution >= 4 is 39.5 Å². The largest absolute Gasteiger partial charge is 0.493 e. The van der Waals surface area contributed by atoms with Crippen LogP contribution in [0.1, 0.15) is 5.56 Å². The molecule has 0 aliphatic heterocycles. The molecule has 0 amide bonds. The molecular weight excluding hydrogens is 488 g/mol. The van der Waals surface area contributed by atoms with Crippen LogP contribution in [0.2, 0.25) is 0 Å². The Bertz CT molecular complexity index is 1390. The van der Waals surface area contributed by atoms with Gasteiger partial charge in [0.25, 0.3) is 6.43 Å². The van der Waals surface area contributed by atoms with Crippen LogP contribution >= 0.6 is 0 Å². The maximum atomic E-state index is 12.8. The highest BCUT2D eigenvalue weighted by Gasteiger charge is 2.21. The molecule has 0 atom stereocenters. The number of nitrogens with zero attached hydrogens (tertiary/aromatic N) is 2. The summed E-state index contributed by atoms with van der Waals surface area (Å²) in [6.07, 6.45) is 2.07. The van der Waals surface area contributed by atoms with Gasteiger partial charge in [0.15, 0.2) is 23.1 Å². The molecule has 0 saturated carbocycles. The van der Waals surface area contributed by atoms with Crippen LogP contribution in [0.3, 0.4) is 0 Å². The van der Waals surface area contributed by atoms with E-state index in [4.69, 9.17) is 18.9 Å². The number of allylic oxidation sites excluding steroid dienone is 4. The first-order valence-corrected chi connectivity index (χ1v) is 11.1. The Balaban J connectivity index is 1.71. The summed E-state index contributed by atoms with van der Waals surface area (Å²) in [5, 5.41) is 3.77. The molecule has 1 heterocycles. The molecule has 0 spiro atoms. The van der Waals surface area contributed by atoms with Gasteiger partial charge in [0.05, 0.1) is 19.2 Å². The molecule has 0 unspecified atom stereocenters. The molecule has 192 valence electrons. The van der Waals surface area contributed by atoms with Gasteiger partial charge in [-0.1, -0.05) is 0 Å². The van der Waals surface area contributed by atoms with Crippen molar-refractivity contribution in [1.29, 1.82) is 0 Å². The molecule has 1 N–H and O–H groups in total. The number of carbonyl (C=O) groups is 2. The molecule has 0 fully saturated rings. The van der Waals surface area contributed by atoms with Gasteiger partial charge in [-0.15, -0.1) is 0 Å². The highest BCUT2D eigenvalue weighted by molar-refractivity contribution is 6.34. The van der Waals surface area contributed by atoms with Crippen molar-refractivity contribution in [2.45, 2.75) is 6.43 Å². The number of hydrogen-bond donors (Lipinski definition) is 1. The first-order chi connectivity index (χ1) is 17.9. The Hall–Kier alpha value is -4.38. The standard InChI is InChI=1S/C26H23F2N3O6/c1-34-7-8-36-24-12-20-19(11-23(24)35-2)26(30-14-29-20)31-15-3-6-22(37-13-25(27)28)18(9-15)17-10-16(32)4-5-21(17)33/h3-6,9-12,14,25H,7-8,13H2,1-2H3,(H,29,30,31). The van der Waals surface area contributed by atoms with Gasteiger partial charge in [0.1, 0.15) is 31.1 Å². The van der Waals surface area contributed by atoms with E-state index in [1.165, 1.54) is 25.6 Å². The maximum Gasteiger partial charge on any atom is 0.272 e. The summed E-state index contributed by atoms with van der Waals surface area (Å²) in [7, 11) is 3.08. The van der Waals surface area contributed by atoms with E-state index in [0.717, 1.165) is 18.2 Å². The second-order valence-corrected chi connectivity index (χ2v) is 7.78. The quantitative estimate of drug-likeness (QED) is 0.300. The lowest BCUT2D eigenvalue weighted by Gasteiger charge is -2.17. The van der Waals surface area contributed by atoms with Crippen molar-refractivity contribution in [3.63, 3.8) is 0 Å². The fraction of sp³-hybridized carbons (Fsp3) is 0.231. The lowest BCUT2D eigenvalue weighted by molar-refractivity contribution is -0.113. The van der Waals surface area contributed by atoms with Gasteiger partial charge in [-0.2, -0.15) is 0 Å². The van der Waals surface area contributed by atoms with Gasteiger partial charge in [0.2, 0.25) is 0 Å². The Kier molecular flexibility index (Phi) is 8.04. The topological polar surface area (TPSA) is 109 Å². The second kappa shape index (κ2) is 11.6. The number of aromatic nitrogens is 2. The van der Waals surface area contributed by atoms with Crippen LogP contribution in [-0.4, -0.2) is 62.0 Å². The first kappa shape index (κ1) is 25.7. The van der Waals surface area contributed by atoms with Crippen LogP contribution in [0.25, 0.3) is 16.5 Å². The normalized spacial score (nSPS) is 13.2. The van der Waals surface area contributed by atoms with Gasteiger partial charge in [-0.3, -0.25) is 9.59 Å². The fourth-order valence-corrected chi connectivity index (χ4v) is 3.62. The van der Waals surface area contributed by atoms with Crippen LogP contribution in [0.15, 0.2) is 54.9 Å². The van der Waals surface area contributed by atoms with E-state index >= 15 is 0 Å². The number of halogens is 2. The molecule has 37 heavy (non-hydrogen) atoms. The molecule has 11 heteroatoms. The molecule has 3 aromatic rings. The maximum absolute atomic E-state index is 12.8.